The number of benzene rings is 1. The molecule has 0 aliphatic heterocycles. The van der Waals surface area contributed by atoms with Gasteiger partial charge in [0.1, 0.15) is 5.58 Å². The topological polar surface area (TPSA) is 13.1 Å². The Bertz CT molecular complexity index is 429. The van der Waals surface area contributed by atoms with Crippen molar-refractivity contribution < 1.29 is 4.42 Å². The summed E-state index contributed by atoms with van der Waals surface area (Å²) < 4.78 is 5.32. The molecular weight excluding hydrogens is 172 g/mol. The van der Waals surface area contributed by atoms with Gasteiger partial charge in [-0.3, -0.25) is 0 Å². The molecule has 62 valence electrons. The minimum absolute atomic E-state index is 0.496. The Morgan fingerprint density at radius 1 is 1.25 bits per heavy atom. The van der Waals surface area contributed by atoms with Crippen molar-refractivity contribution in [1.82, 2.24) is 0 Å². The molecule has 0 N–H and O–H groups in total. The van der Waals surface area contributed by atoms with Crippen LogP contribution in [0.25, 0.3) is 11.0 Å². The van der Waals surface area contributed by atoms with Gasteiger partial charge >= 0.3 is 0 Å². The van der Waals surface area contributed by atoms with Crippen LogP contribution in [0.5, 0.6) is 0 Å². The Labute approximate surface area is 75.9 Å². The zero-order valence-corrected chi connectivity index (χ0v) is 7.77. The molecule has 0 spiro atoms. The standard InChI is InChI=1S/C10H9ClO/c1-6-3-4-9-8(5-6)7(2)10(11)12-9/h3-5H,1-2H3. The Hall–Kier alpha value is -0.950. The lowest BCUT2D eigenvalue weighted by Crippen LogP contribution is -1.71. The molecule has 2 aromatic rings. The summed E-state index contributed by atoms with van der Waals surface area (Å²) in [5.41, 5.74) is 3.11. The van der Waals surface area contributed by atoms with Crippen LogP contribution in [-0.2, 0) is 0 Å². The van der Waals surface area contributed by atoms with Crippen LogP contribution in [0.2, 0.25) is 5.22 Å². The van der Waals surface area contributed by atoms with Gasteiger partial charge in [0.25, 0.3) is 0 Å². The molecule has 0 amide bonds. The molecule has 0 saturated carbocycles. The average Bonchev–Trinajstić information content (AvgIpc) is 2.31. The summed E-state index contributed by atoms with van der Waals surface area (Å²) in [6, 6.07) is 6.05. The molecule has 0 bridgehead atoms. The lowest BCUT2D eigenvalue weighted by atomic mass is 10.1. The molecule has 0 saturated heterocycles. The Kier molecular flexibility index (Phi) is 1.62. The first kappa shape index (κ1) is 7.69. The smallest absolute Gasteiger partial charge is 0.197 e. The van der Waals surface area contributed by atoms with E-state index in [0.29, 0.717) is 5.22 Å². The van der Waals surface area contributed by atoms with E-state index in [1.54, 1.807) is 0 Å². The molecule has 0 aliphatic carbocycles. The number of hydrogen-bond donors (Lipinski definition) is 0. The fraction of sp³-hybridized carbons (Fsp3) is 0.200. The van der Waals surface area contributed by atoms with Gasteiger partial charge < -0.3 is 4.42 Å². The van der Waals surface area contributed by atoms with Crippen LogP contribution < -0.4 is 0 Å². The number of hydrogen-bond acceptors (Lipinski definition) is 1. The van der Waals surface area contributed by atoms with Crippen molar-refractivity contribution in [3.8, 4) is 0 Å². The maximum absolute atomic E-state index is 5.84. The summed E-state index contributed by atoms with van der Waals surface area (Å²) in [5, 5.41) is 1.61. The van der Waals surface area contributed by atoms with Crippen molar-refractivity contribution in [3.63, 3.8) is 0 Å². The Morgan fingerprint density at radius 2 is 2.00 bits per heavy atom. The summed E-state index contributed by atoms with van der Waals surface area (Å²) >= 11 is 5.84. The van der Waals surface area contributed by atoms with Crippen LogP contribution in [0.15, 0.2) is 22.6 Å². The zero-order valence-electron chi connectivity index (χ0n) is 7.02. The number of aryl methyl sites for hydroxylation is 2. The van der Waals surface area contributed by atoms with E-state index >= 15 is 0 Å². The van der Waals surface area contributed by atoms with Crippen LogP contribution in [-0.4, -0.2) is 0 Å². The van der Waals surface area contributed by atoms with E-state index in [1.807, 2.05) is 19.1 Å². The molecule has 2 heteroatoms. The van der Waals surface area contributed by atoms with Crippen molar-refractivity contribution in [3.05, 3.63) is 34.5 Å². The lowest BCUT2D eigenvalue weighted by molar-refractivity contribution is 0.615. The van der Waals surface area contributed by atoms with Crippen LogP contribution in [0, 0.1) is 13.8 Å². The van der Waals surface area contributed by atoms with Gasteiger partial charge in [-0.2, -0.15) is 0 Å². The third kappa shape index (κ3) is 1.01. The van der Waals surface area contributed by atoms with Crippen LogP contribution in [0.4, 0.5) is 0 Å². The van der Waals surface area contributed by atoms with E-state index in [2.05, 4.69) is 13.0 Å². The molecular formula is C10H9ClO. The number of halogens is 1. The van der Waals surface area contributed by atoms with Gasteiger partial charge in [0.05, 0.1) is 0 Å². The fourth-order valence-electron chi connectivity index (χ4n) is 1.30. The van der Waals surface area contributed by atoms with Crippen molar-refractivity contribution in [1.29, 1.82) is 0 Å². The summed E-state index contributed by atoms with van der Waals surface area (Å²) in [7, 11) is 0. The van der Waals surface area contributed by atoms with E-state index in [1.165, 1.54) is 5.56 Å². The lowest BCUT2D eigenvalue weighted by Gasteiger charge is -1.91. The van der Waals surface area contributed by atoms with Gasteiger partial charge in [-0.05, 0) is 37.6 Å². The van der Waals surface area contributed by atoms with Crippen LogP contribution >= 0.6 is 11.6 Å². The molecule has 0 aliphatic rings. The predicted octanol–water partition coefficient (Wildman–Crippen LogP) is 3.70. The highest BCUT2D eigenvalue weighted by molar-refractivity contribution is 6.30. The zero-order chi connectivity index (χ0) is 8.72. The third-order valence-corrected chi connectivity index (χ3v) is 2.39. The fourth-order valence-corrected chi connectivity index (χ4v) is 1.49. The van der Waals surface area contributed by atoms with E-state index in [-0.39, 0.29) is 0 Å². The van der Waals surface area contributed by atoms with Crippen molar-refractivity contribution in [2.75, 3.05) is 0 Å². The minimum Gasteiger partial charge on any atom is -0.444 e. The number of rotatable bonds is 0. The molecule has 1 aromatic carbocycles. The average molecular weight is 181 g/mol. The molecule has 1 nitrogen and oxygen atoms in total. The number of fused-ring (bicyclic) bond motifs is 1. The highest BCUT2D eigenvalue weighted by Gasteiger charge is 2.06. The van der Waals surface area contributed by atoms with E-state index in [4.69, 9.17) is 16.0 Å². The van der Waals surface area contributed by atoms with Crippen LogP contribution in [0.3, 0.4) is 0 Å². The Balaban J connectivity index is 2.88. The normalized spacial score (nSPS) is 10.9. The predicted molar refractivity (Wildman–Crippen MR) is 50.7 cm³/mol. The van der Waals surface area contributed by atoms with Gasteiger partial charge in [-0.1, -0.05) is 11.6 Å². The first-order valence-electron chi connectivity index (χ1n) is 3.84. The quantitative estimate of drug-likeness (QED) is 0.603. The van der Waals surface area contributed by atoms with Gasteiger partial charge in [0, 0.05) is 10.9 Å². The van der Waals surface area contributed by atoms with E-state index in [0.717, 1.165) is 16.5 Å². The summed E-state index contributed by atoms with van der Waals surface area (Å²) in [5.74, 6) is 0. The van der Waals surface area contributed by atoms with Crippen molar-refractivity contribution >= 4 is 22.6 Å². The van der Waals surface area contributed by atoms with Gasteiger partial charge in [0.15, 0.2) is 5.22 Å². The van der Waals surface area contributed by atoms with Gasteiger partial charge in [0.2, 0.25) is 0 Å². The summed E-state index contributed by atoms with van der Waals surface area (Å²) in [6.07, 6.45) is 0. The number of furan rings is 1. The SMILES string of the molecule is Cc1ccc2oc(Cl)c(C)c2c1. The Morgan fingerprint density at radius 3 is 2.75 bits per heavy atom. The first-order valence-corrected chi connectivity index (χ1v) is 4.21. The second-order valence-corrected chi connectivity index (χ2v) is 3.34. The third-order valence-electron chi connectivity index (χ3n) is 2.03. The second kappa shape index (κ2) is 2.53. The first-order chi connectivity index (χ1) is 5.68. The molecule has 2 rings (SSSR count). The maximum atomic E-state index is 5.84. The highest BCUT2D eigenvalue weighted by Crippen LogP contribution is 2.29. The molecule has 0 unspecified atom stereocenters. The van der Waals surface area contributed by atoms with E-state index in [9.17, 15) is 0 Å². The van der Waals surface area contributed by atoms with E-state index < -0.39 is 0 Å². The molecule has 0 fully saturated rings. The summed E-state index contributed by atoms with van der Waals surface area (Å²) in [4.78, 5) is 0. The molecule has 0 atom stereocenters. The van der Waals surface area contributed by atoms with Gasteiger partial charge in [-0.15, -0.1) is 0 Å². The van der Waals surface area contributed by atoms with Crippen LogP contribution in [0.1, 0.15) is 11.1 Å². The molecule has 1 heterocycles. The minimum atomic E-state index is 0.496. The summed E-state index contributed by atoms with van der Waals surface area (Å²) in [6.45, 7) is 4.02. The maximum Gasteiger partial charge on any atom is 0.197 e. The molecule has 12 heavy (non-hydrogen) atoms. The van der Waals surface area contributed by atoms with Crippen molar-refractivity contribution in [2.24, 2.45) is 0 Å². The van der Waals surface area contributed by atoms with Crippen molar-refractivity contribution in [2.45, 2.75) is 13.8 Å². The highest BCUT2D eigenvalue weighted by atomic mass is 35.5. The molecule has 1 aromatic heterocycles. The monoisotopic (exact) mass is 180 g/mol. The second-order valence-electron chi connectivity index (χ2n) is 3.00. The largest absolute Gasteiger partial charge is 0.444 e. The van der Waals surface area contributed by atoms with Gasteiger partial charge in [-0.25, -0.2) is 0 Å². The molecule has 0 radical (unpaired) electrons.